The van der Waals surface area contributed by atoms with Crippen LogP contribution < -0.4 is 10.1 Å². The molecule has 0 unspecified atom stereocenters. The Morgan fingerprint density at radius 3 is 2.53 bits per heavy atom. The lowest BCUT2D eigenvalue weighted by Gasteiger charge is -2.18. The van der Waals surface area contributed by atoms with Crippen molar-refractivity contribution in [2.75, 3.05) is 11.5 Å². The van der Waals surface area contributed by atoms with Gasteiger partial charge in [-0.05, 0) is 6.07 Å². The zero-order chi connectivity index (χ0) is 14.6. The standard InChI is InChI=1S/C12H18N2O4Si/c1-9(15)13-11-6-5-10(14(16)17)7-12(11)18-8-19(2,3)4/h5-7H,8H2,1-4H3,(H,13,15). The summed E-state index contributed by atoms with van der Waals surface area (Å²) >= 11 is 0. The second kappa shape index (κ2) is 5.83. The number of benzene rings is 1. The number of rotatable bonds is 5. The van der Waals surface area contributed by atoms with Crippen molar-refractivity contribution in [2.24, 2.45) is 0 Å². The minimum Gasteiger partial charge on any atom is -0.495 e. The van der Waals surface area contributed by atoms with Crippen LogP contribution in [0.3, 0.4) is 0 Å². The van der Waals surface area contributed by atoms with Gasteiger partial charge in [0.2, 0.25) is 5.91 Å². The van der Waals surface area contributed by atoms with Gasteiger partial charge in [-0.1, -0.05) is 19.6 Å². The molecule has 0 aliphatic heterocycles. The Morgan fingerprint density at radius 1 is 1.42 bits per heavy atom. The third-order valence-corrected chi connectivity index (χ3v) is 3.16. The zero-order valence-electron chi connectivity index (χ0n) is 11.5. The fourth-order valence-electron chi connectivity index (χ4n) is 1.33. The van der Waals surface area contributed by atoms with E-state index in [1.54, 1.807) is 0 Å². The molecule has 1 amide bonds. The maximum absolute atomic E-state index is 11.1. The minimum atomic E-state index is -1.45. The van der Waals surface area contributed by atoms with Gasteiger partial charge in [-0.25, -0.2) is 0 Å². The van der Waals surface area contributed by atoms with Gasteiger partial charge in [0.25, 0.3) is 5.69 Å². The topological polar surface area (TPSA) is 81.5 Å². The van der Waals surface area contributed by atoms with Gasteiger partial charge in [0.15, 0.2) is 0 Å². The van der Waals surface area contributed by atoms with E-state index < -0.39 is 13.0 Å². The van der Waals surface area contributed by atoms with E-state index >= 15 is 0 Å². The van der Waals surface area contributed by atoms with Crippen LogP contribution in [0.25, 0.3) is 0 Å². The maximum atomic E-state index is 11.1. The van der Waals surface area contributed by atoms with Crippen LogP contribution in [-0.2, 0) is 4.79 Å². The van der Waals surface area contributed by atoms with Crippen molar-refractivity contribution < 1.29 is 14.5 Å². The molecular formula is C12H18N2O4Si. The summed E-state index contributed by atoms with van der Waals surface area (Å²) in [5, 5.41) is 13.4. The van der Waals surface area contributed by atoms with Crippen molar-refractivity contribution in [3.63, 3.8) is 0 Å². The van der Waals surface area contributed by atoms with E-state index in [0.717, 1.165) is 0 Å². The number of hydrogen-bond donors (Lipinski definition) is 1. The first kappa shape index (κ1) is 15.2. The number of nitro benzene ring substituents is 1. The number of anilines is 1. The van der Waals surface area contributed by atoms with Crippen LogP contribution in [0, 0.1) is 10.1 Å². The number of nitrogens with zero attached hydrogens (tertiary/aromatic N) is 1. The number of nitrogens with one attached hydrogen (secondary N) is 1. The number of ether oxygens (including phenoxy) is 1. The van der Waals surface area contributed by atoms with Gasteiger partial charge in [0.1, 0.15) is 5.75 Å². The molecule has 0 aliphatic rings. The minimum absolute atomic E-state index is 0.0559. The van der Waals surface area contributed by atoms with Crippen LogP contribution >= 0.6 is 0 Å². The summed E-state index contributed by atoms with van der Waals surface area (Å²) in [6.45, 7) is 7.76. The van der Waals surface area contributed by atoms with Crippen molar-refractivity contribution in [1.82, 2.24) is 0 Å². The molecule has 0 aromatic heterocycles. The van der Waals surface area contributed by atoms with E-state index in [0.29, 0.717) is 17.7 Å². The average molecular weight is 282 g/mol. The normalized spacial score (nSPS) is 10.9. The molecule has 19 heavy (non-hydrogen) atoms. The quantitative estimate of drug-likeness (QED) is 0.511. The summed E-state index contributed by atoms with van der Waals surface area (Å²) < 4.78 is 5.64. The van der Waals surface area contributed by atoms with E-state index in [2.05, 4.69) is 25.0 Å². The van der Waals surface area contributed by atoms with Gasteiger partial charge < -0.3 is 10.1 Å². The first-order valence-electron chi connectivity index (χ1n) is 5.88. The summed E-state index contributed by atoms with van der Waals surface area (Å²) in [6.07, 6.45) is 0.529. The summed E-state index contributed by atoms with van der Waals surface area (Å²) in [7, 11) is -1.45. The molecule has 0 atom stereocenters. The van der Waals surface area contributed by atoms with Gasteiger partial charge in [-0.2, -0.15) is 0 Å². The number of carbonyl (C=O) groups excluding carboxylic acids is 1. The summed E-state index contributed by atoms with van der Waals surface area (Å²) in [5.74, 6) is 0.0959. The molecule has 1 N–H and O–H groups in total. The Morgan fingerprint density at radius 2 is 2.05 bits per heavy atom. The molecule has 0 saturated heterocycles. The molecule has 0 radical (unpaired) electrons. The van der Waals surface area contributed by atoms with Gasteiger partial charge in [0.05, 0.1) is 31.0 Å². The highest BCUT2D eigenvalue weighted by Gasteiger charge is 2.18. The van der Waals surface area contributed by atoms with Gasteiger partial charge in [0, 0.05) is 13.0 Å². The Balaban J connectivity index is 3.03. The number of amides is 1. The molecule has 0 aliphatic carbocycles. The molecule has 1 aromatic rings. The van der Waals surface area contributed by atoms with Crippen LogP contribution in [0.2, 0.25) is 19.6 Å². The summed E-state index contributed by atoms with van der Waals surface area (Å²) in [5.41, 5.74) is 0.399. The molecule has 7 heteroatoms. The highest BCUT2D eigenvalue weighted by molar-refractivity contribution is 6.76. The van der Waals surface area contributed by atoms with Crippen molar-refractivity contribution in [1.29, 1.82) is 0 Å². The molecule has 0 spiro atoms. The second-order valence-electron chi connectivity index (χ2n) is 5.47. The van der Waals surface area contributed by atoms with Crippen LogP contribution in [0.5, 0.6) is 5.75 Å². The van der Waals surface area contributed by atoms with Gasteiger partial charge in [-0.15, -0.1) is 0 Å². The van der Waals surface area contributed by atoms with Crippen molar-refractivity contribution in [2.45, 2.75) is 26.6 Å². The molecule has 0 fully saturated rings. The van der Waals surface area contributed by atoms with E-state index in [1.807, 2.05) is 0 Å². The fraction of sp³-hybridized carbons (Fsp3) is 0.417. The number of nitro groups is 1. The van der Waals surface area contributed by atoms with E-state index in [9.17, 15) is 14.9 Å². The number of hydrogen-bond acceptors (Lipinski definition) is 4. The highest BCUT2D eigenvalue weighted by Crippen LogP contribution is 2.29. The average Bonchev–Trinajstić information content (AvgIpc) is 2.25. The van der Waals surface area contributed by atoms with Gasteiger partial charge >= 0.3 is 0 Å². The van der Waals surface area contributed by atoms with Crippen LogP contribution in [0.4, 0.5) is 11.4 Å². The van der Waals surface area contributed by atoms with E-state index in [4.69, 9.17) is 4.74 Å². The third-order valence-electron chi connectivity index (χ3n) is 2.15. The monoisotopic (exact) mass is 282 g/mol. The summed E-state index contributed by atoms with van der Waals surface area (Å²) in [4.78, 5) is 21.4. The Hall–Kier alpha value is -1.89. The first-order valence-corrected chi connectivity index (χ1v) is 9.58. The van der Waals surface area contributed by atoms with Crippen LogP contribution in [0.15, 0.2) is 18.2 Å². The molecular weight excluding hydrogens is 264 g/mol. The molecule has 0 saturated carbocycles. The molecule has 0 bridgehead atoms. The fourth-order valence-corrected chi connectivity index (χ4v) is 1.92. The molecule has 1 aromatic carbocycles. The van der Waals surface area contributed by atoms with Crippen LogP contribution in [0.1, 0.15) is 6.92 Å². The third kappa shape index (κ3) is 5.08. The van der Waals surface area contributed by atoms with Crippen molar-refractivity contribution in [3.8, 4) is 5.75 Å². The highest BCUT2D eigenvalue weighted by atomic mass is 28.3. The number of non-ortho nitro benzene ring substituents is 1. The van der Waals surface area contributed by atoms with Gasteiger partial charge in [-0.3, -0.25) is 14.9 Å². The SMILES string of the molecule is CC(=O)Nc1ccc([N+](=O)[O-])cc1OC[Si](C)(C)C. The summed E-state index contributed by atoms with van der Waals surface area (Å²) in [6, 6.07) is 4.16. The Kier molecular flexibility index (Phi) is 4.65. The molecule has 0 heterocycles. The maximum Gasteiger partial charge on any atom is 0.273 e. The second-order valence-corrected chi connectivity index (χ2v) is 10.9. The van der Waals surface area contributed by atoms with Crippen molar-refractivity contribution >= 4 is 25.4 Å². The predicted molar refractivity (Wildman–Crippen MR) is 76.2 cm³/mol. The predicted octanol–water partition coefficient (Wildman–Crippen LogP) is 2.81. The Bertz CT molecular complexity index is 497. The largest absolute Gasteiger partial charge is 0.495 e. The van der Waals surface area contributed by atoms with Crippen molar-refractivity contribution in [3.05, 3.63) is 28.3 Å². The van der Waals surface area contributed by atoms with E-state index in [1.165, 1.54) is 25.1 Å². The smallest absolute Gasteiger partial charge is 0.273 e. The number of carbonyl (C=O) groups is 1. The Labute approximate surface area is 112 Å². The van der Waals surface area contributed by atoms with Crippen LogP contribution in [-0.4, -0.2) is 25.1 Å². The zero-order valence-corrected chi connectivity index (χ0v) is 12.5. The van der Waals surface area contributed by atoms with E-state index in [-0.39, 0.29) is 11.6 Å². The lowest BCUT2D eigenvalue weighted by atomic mass is 10.2. The first-order chi connectivity index (χ1) is 8.69. The molecule has 104 valence electrons. The lowest BCUT2D eigenvalue weighted by Crippen LogP contribution is -2.30. The molecule has 6 nitrogen and oxygen atoms in total. The lowest BCUT2D eigenvalue weighted by molar-refractivity contribution is -0.384. The molecule has 1 rings (SSSR count).